The molecule has 0 saturated carbocycles. The molecule has 0 amide bonds. The summed E-state index contributed by atoms with van der Waals surface area (Å²) in [6.45, 7) is -6.04. The number of ether oxygens (including phenoxy) is 3. The van der Waals surface area contributed by atoms with E-state index in [0.29, 0.717) is 11.1 Å². The van der Waals surface area contributed by atoms with Crippen LogP contribution in [0, 0.1) is 0 Å². The van der Waals surface area contributed by atoms with E-state index in [1.165, 1.54) is 0 Å². The van der Waals surface area contributed by atoms with Crippen LogP contribution in [0.15, 0.2) is 60.7 Å². The first-order valence-corrected chi connectivity index (χ1v) is 7.31. The lowest BCUT2D eigenvalue weighted by Gasteiger charge is -2.17. The van der Waals surface area contributed by atoms with E-state index < -0.39 is 25.3 Å². The van der Waals surface area contributed by atoms with Gasteiger partial charge in [-0.2, -0.15) is 0 Å². The first-order chi connectivity index (χ1) is 12.7. The highest BCUT2D eigenvalue weighted by atomic mass is 35.5. The molecule has 0 spiro atoms. The number of hydrogen-bond donors (Lipinski definition) is 0. The first kappa shape index (κ1) is 11.2. The maximum atomic E-state index is 8.35. The zero-order chi connectivity index (χ0) is 20.0. The quantitative estimate of drug-likeness (QED) is 0.618. The standard InChI is InChI=1S/C18H21ClO3/c19-15-22-18(13-20-11-16-7-3-1-4-8-16)14-21-12-17-9-5-2-6-10-17/h1-10,18H,11-15H2/i13D2,14D2,18D. The maximum Gasteiger partial charge on any atom is 0.121 e. The van der Waals surface area contributed by atoms with Crippen molar-refractivity contribution in [3.05, 3.63) is 71.8 Å². The SMILES string of the molecule is [2H]C([2H])(OCc1ccccc1)C([2H])(OCCl)C([2H])([2H])OCc1ccccc1. The maximum absolute atomic E-state index is 8.35. The van der Waals surface area contributed by atoms with Crippen LogP contribution >= 0.6 is 11.6 Å². The predicted molar refractivity (Wildman–Crippen MR) is 87.8 cm³/mol. The number of halogens is 1. The van der Waals surface area contributed by atoms with Gasteiger partial charge in [0.2, 0.25) is 0 Å². The van der Waals surface area contributed by atoms with Crippen molar-refractivity contribution in [2.24, 2.45) is 0 Å². The monoisotopic (exact) mass is 325 g/mol. The fourth-order valence-corrected chi connectivity index (χ4v) is 1.76. The van der Waals surface area contributed by atoms with Crippen LogP contribution in [0.2, 0.25) is 0 Å². The van der Waals surface area contributed by atoms with Gasteiger partial charge in [-0.3, -0.25) is 0 Å². The molecule has 0 aliphatic carbocycles. The summed E-state index contributed by atoms with van der Waals surface area (Å²) in [6, 6.07) is 17.0. The Balaban J connectivity index is 2.16. The molecule has 0 aliphatic heterocycles. The molecule has 22 heavy (non-hydrogen) atoms. The molecule has 0 aliphatic rings. The molecule has 0 bridgehead atoms. The van der Waals surface area contributed by atoms with E-state index in [0.717, 1.165) is 0 Å². The first-order valence-electron chi connectivity index (χ1n) is 9.27. The Morgan fingerprint density at radius 3 is 1.73 bits per heavy atom. The summed E-state index contributed by atoms with van der Waals surface area (Å²) < 4.78 is 56.2. The van der Waals surface area contributed by atoms with E-state index in [9.17, 15) is 0 Å². The highest BCUT2D eigenvalue weighted by molar-refractivity contribution is 6.17. The Morgan fingerprint density at radius 2 is 1.32 bits per heavy atom. The van der Waals surface area contributed by atoms with Crippen LogP contribution < -0.4 is 0 Å². The van der Waals surface area contributed by atoms with Crippen molar-refractivity contribution in [2.75, 3.05) is 19.2 Å². The second kappa shape index (κ2) is 10.4. The van der Waals surface area contributed by atoms with Crippen molar-refractivity contribution in [3.8, 4) is 0 Å². The summed E-state index contributed by atoms with van der Waals surface area (Å²) >= 11 is 5.55. The molecule has 0 saturated heterocycles. The number of rotatable bonds is 10. The molecular formula is C18H21ClO3. The lowest BCUT2D eigenvalue weighted by molar-refractivity contribution is -0.0540. The second-order valence-electron chi connectivity index (χ2n) is 4.34. The van der Waals surface area contributed by atoms with Crippen molar-refractivity contribution in [2.45, 2.75) is 19.3 Å². The van der Waals surface area contributed by atoms with Crippen LogP contribution in [0.4, 0.5) is 0 Å². The Morgan fingerprint density at radius 1 is 0.864 bits per heavy atom. The van der Waals surface area contributed by atoms with Gasteiger partial charge >= 0.3 is 0 Å². The van der Waals surface area contributed by atoms with E-state index in [4.69, 9.17) is 32.7 Å². The lowest BCUT2D eigenvalue weighted by Crippen LogP contribution is -2.25. The highest BCUT2D eigenvalue weighted by Gasteiger charge is 2.10. The van der Waals surface area contributed by atoms with Gasteiger partial charge in [0.25, 0.3) is 0 Å². The van der Waals surface area contributed by atoms with Gasteiger partial charge in [0.05, 0.1) is 33.2 Å². The molecule has 0 aromatic heterocycles. The summed E-state index contributed by atoms with van der Waals surface area (Å²) in [5, 5.41) is 0. The minimum Gasteiger partial charge on any atom is -0.374 e. The molecule has 2 rings (SSSR count). The van der Waals surface area contributed by atoms with Crippen molar-refractivity contribution in [3.63, 3.8) is 0 Å². The summed E-state index contributed by atoms with van der Waals surface area (Å²) in [4.78, 5) is 0. The highest BCUT2D eigenvalue weighted by Crippen LogP contribution is 2.05. The molecule has 4 heteroatoms. The molecule has 118 valence electrons. The van der Waals surface area contributed by atoms with Crippen LogP contribution in [0.25, 0.3) is 0 Å². The summed E-state index contributed by atoms with van der Waals surface area (Å²) in [6.07, 6.45) is -2.86. The Bertz CT molecular complexity index is 645. The van der Waals surface area contributed by atoms with Gasteiger partial charge < -0.3 is 14.2 Å². The zero-order valence-corrected chi connectivity index (χ0v) is 12.8. The van der Waals surface area contributed by atoms with Gasteiger partial charge in [-0.05, 0) is 11.1 Å². The average molecular weight is 326 g/mol. The van der Waals surface area contributed by atoms with E-state index in [-0.39, 0.29) is 13.2 Å². The van der Waals surface area contributed by atoms with E-state index >= 15 is 0 Å². The topological polar surface area (TPSA) is 27.7 Å². The van der Waals surface area contributed by atoms with Gasteiger partial charge in [0.15, 0.2) is 0 Å². The number of hydrogen-bond acceptors (Lipinski definition) is 3. The molecule has 0 radical (unpaired) electrons. The minimum atomic E-state index is -2.86. The summed E-state index contributed by atoms with van der Waals surface area (Å²) in [5.41, 5.74) is 1.33. The van der Waals surface area contributed by atoms with E-state index in [1.54, 1.807) is 60.7 Å². The second-order valence-corrected chi connectivity index (χ2v) is 4.55. The largest absolute Gasteiger partial charge is 0.374 e. The van der Waals surface area contributed by atoms with Crippen LogP contribution in [0.5, 0.6) is 0 Å². The van der Waals surface area contributed by atoms with Gasteiger partial charge in [0.1, 0.15) is 12.1 Å². The Kier molecular flexibility index (Phi) is 5.27. The number of benzene rings is 2. The fourth-order valence-electron chi connectivity index (χ4n) is 1.65. The molecule has 0 N–H and O–H groups in total. The van der Waals surface area contributed by atoms with Crippen molar-refractivity contribution >= 4 is 11.6 Å². The Hall–Kier alpha value is -1.39. The predicted octanol–water partition coefficient (Wildman–Crippen LogP) is 4.00. The third-order valence-electron chi connectivity index (χ3n) is 2.69. The van der Waals surface area contributed by atoms with Gasteiger partial charge in [-0.15, -0.1) is 0 Å². The van der Waals surface area contributed by atoms with Crippen LogP contribution in [-0.2, 0) is 27.4 Å². The van der Waals surface area contributed by atoms with E-state index in [1.807, 2.05) is 0 Å². The third-order valence-corrected chi connectivity index (χ3v) is 2.80. The molecule has 0 unspecified atom stereocenters. The van der Waals surface area contributed by atoms with Gasteiger partial charge in [-0.1, -0.05) is 72.3 Å². The molecule has 0 heterocycles. The van der Waals surface area contributed by atoms with E-state index in [2.05, 4.69) is 0 Å². The van der Waals surface area contributed by atoms with Gasteiger partial charge in [0, 0.05) is 0 Å². The summed E-state index contributed by atoms with van der Waals surface area (Å²) in [7, 11) is 0. The minimum absolute atomic E-state index is 0.172. The van der Waals surface area contributed by atoms with Crippen LogP contribution in [0.1, 0.15) is 18.0 Å². The fraction of sp³-hybridized carbons (Fsp3) is 0.333. The van der Waals surface area contributed by atoms with Crippen LogP contribution in [0.3, 0.4) is 0 Å². The Labute approximate surface area is 143 Å². The molecule has 2 aromatic rings. The van der Waals surface area contributed by atoms with Crippen molar-refractivity contribution < 1.29 is 21.1 Å². The molecular weight excluding hydrogens is 300 g/mol. The van der Waals surface area contributed by atoms with Crippen molar-refractivity contribution in [1.29, 1.82) is 0 Å². The number of alkyl halides is 1. The zero-order valence-electron chi connectivity index (χ0n) is 17.0. The smallest absolute Gasteiger partial charge is 0.121 e. The molecule has 2 aromatic carbocycles. The normalized spacial score (nSPS) is 16.1. The molecule has 0 atom stereocenters. The van der Waals surface area contributed by atoms with Crippen LogP contribution in [-0.4, -0.2) is 25.3 Å². The van der Waals surface area contributed by atoms with Gasteiger partial charge in [-0.25, -0.2) is 0 Å². The van der Waals surface area contributed by atoms with Crippen molar-refractivity contribution in [1.82, 2.24) is 0 Å². The average Bonchev–Trinajstić information content (AvgIpc) is 2.66. The lowest BCUT2D eigenvalue weighted by atomic mass is 10.2. The summed E-state index contributed by atoms with van der Waals surface area (Å²) in [5.74, 6) is 0. The molecule has 0 fully saturated rings. The third kappa shape index (κ3) is 6.58. The molecule has 3 nitrogen and oxygen atoms in total.